The van der Waals surface area contributed by atoms with Gasteiger partial charge in [-0.25, -0.2) is 4.57 Å². The number of rotatable bonds is 9. The summed E-state index contributed by atoms with van der Waals surface area (Å²) in [5.41, 5.74) is 0. The Kier molecular flexibility index (Phi) is 11.2. The molecule has 2 atom stereocenters. The zero-order chi connectivity index (χ0) is 13.5. The maximum Gasteiger partial charge on any atom is 0.472 e. The first-order valence-electron chi connectivity index (χ1n) is 6.34. The van der Waals surface area contributed by atoms with E-state index in [4.69, 9.17) is 9.05 Å². The van der Waals surface area contributed by atoms with Crippen LogP contribution >= 0.6 is 7.82 Å². The second kappa shape index (κ2) is 9.93. The Morgan fingerprint density at radius 2 is 1.61 bits per heavy atom. The summed E-state index contributed by atoms with van der Waals surface area (Å²) in [7, 11) is -3.84. The smallest absolute Gasteiger partial charge is 0.344 e. The fourth-order valence-corrected chi connectivity index (χ4v) is 2.47. The summed E-state index contributed by atoms with van der Waals surface area (Å²) in [6, 6.07) is 0. The highest BCUT2D eigenvalue weighted by atomic mass is 31.2. The summed E-state index contributed by atoms with van der Waals surface area (Å²) in [6.45, 7) is 10.8. The second-order valence-electron chi connectivity index (χ2n) is 5.51. The molecule has 5 nitrogen and oxygen atoms in total. The molecule has 0 fully saturated rings. The molecule has 0 bridgehead atoms. The molecule has 0 radical (unpaired) electrons. The molecule has 4 N–H and O–H groups in total. The first-order valence-corrected chi connectivity index (χ1v) is 7.84. The summed E-state index contributed by atoms with van der Waals surface area (Å²) in [5, 5.41) is 0. The molecule has 0 saturated heterocycles. The summed E-state index contributed by atoms with van der Waals surface area (Å²) in [5.74, 6) is 1.36. The molecule has 0 aromatic rings. The third-order valence-corrected chi connectivity index (χ3v) is 3.29. The van der Waals surface area contributed by atoms with Gasteiger partial charge in [-0.15, -0.1) is 0 Å². The van der Waals surface area contributed by atoms with E-state index in [9.17, 15) is 9.46 Å². The van der Waals surface area contributed by atoms with E-state index >= 15 is 0 Å². The number of phosphoric ester groups is 1. The average molecular weight is 283 g/mol. The first kappa shape index (κ1) is 20.4. The minimum absolute atomic E-state index is 0. The Balaban J connectivity index is 0. The van der Waals surface area contributed by atoms with E-state index in [-0.39, 0.29) is 25.3 Å². The minimum Gasteiger partial charge on any atom is -0.344 e. The van der Waals surface area contributed by atoms with E-state index in [2.05, 4.69) is 20.8 Å². The minimum atomic E-state index is -3.84. The van der Waals surface area contributed by atoms with Gasteiger partial charge in [-0.3, -0.25) is 9.05 Å². The molecule has 0 saturated carbocycles. The van der Waals surface area contributed by atoms with Gasteiger partial charge in [0.2, 0.25) is 0 Å². The van der Waals surface area contributed by atoms with Crippen molar-refractivity contribution >= 4 is 7.82 Å². The molecule has 0 aromatic carbocycles. The fourth-order valence-electron chi connectivity index (χ4n) is 1.57. The van der Waals surface area contributed by atoms with Crippen LogP contribution < -0.4 is 6.15 Å². The van der Waals surface area contributed by atoms with Crippen molar-refractivity contribution in [1.29, 1.82) is 0 Å². The van der Waals surface area contributed by atoms with Crippen molar-refractivity contribution in [3.05, 3.63) is 0 Å². The van der Waals surface area contributed by atoms with E-state index in [1.54, 1.807) is 0 Å². The Hall–Kier alpha value is 0.0700. The lowest BCUT2D eigenvalue weighted by atomic mass is 9.97. The standard InChI is InChI=1S/C12H27O4P.H3N/c1-10(2)8-12(5)6-7-15-17(13,14)16-9-11(3)4;/h10-12H,6-9H2,1-5H3,(H,13,14);1H3. The third kappa shape index (κ3) is 12.5. The monoisotopic (exact) mass is 283 g/mol. The number of hydrogen-bond acceptors (Lipinski definition) is 4. The van der Waals surface area contributed by atoms with Crippen LogP contribution in [0, 0.1) is 17.8 Å². The van der Waals surface area contributed by atoms with Gasteiger partial charge in [0, 0.05) is 0 Å². The van der Waals surface area contributed by atoms with Crippen LogP contribution in [-0.2, 0) is 13.6 Å². The van der Waals surface area contributed by atoms with Crippen LogP contribution in [0.4, 0.5) is 0 Å². The van der Waals surface area contributed by atoms with Gasteiger partial charge in [-0.1, -0.05) is 34.6 Å². The maximum absolute atomic E-state index is 11.4. The summed E-state index contributed by atoms with van der Waals surface area (Å²) >= 11 is 0. The highest BCUT2D eigenvalue weighted by Gasteiger charge is 2.21. The van der Waals surface area contributed by atoms with Crippen LogP contribution in [0.2, 0.25) is 0 Å². The molecule has 0 aliphatic rings. The Labute approximate surface area is 111 Å². The van der Waals surface area contributed by atoms with Crippen LogP contribution in [0.1, 0.15) is 47.5 Å². The lowest BCUT2D eigenvalue weighted by molar-refractivity contribution is 0.130. The molecule has 2 unspecified atom stereocenters. The van der Waals surface area contributed by atoms with Gasteiger partial charge in [0.1, 0.15) is 0 Å². The van der Waals surface area contributed by atoms with Crippen molar-refractivity contribution in [2.24, 2.45) is 17.8 Å². The topological polar surface area (TPSA) is 90.8 Å². The third-order valence-electron chi connectivity index (χ3n) is 2.31. The predicted octanol–water partition coefficient (Wildman–Crippen LogP) is 4.01. The quantitative estimate of drug-likeness (QED) is 0.624. The molecular formula is C12H30NO4P. The Morgan fingerprint density at radius 3 is 2.06 bits per heavy atom. The Bertz CT molecular complexity index is 246. The van der Waals surface area contributed by atoms with Crippen LogP contribution in [-0.4, -0.2) is 18.1 Å². The van der Waals surface area contributed by atoms with E-state index in [0.717, 1.165) is 12.8 Å². The molecule has 0 spiro atoms. The van der Waals surface area contributed by atoms with Gasteiger partial charge in [-0.2, -0.15) is 0 Å². The van der Waals surface area contributed by atoms with Crippen LogP contribution in [0.25, 0.3) is 0 Å². The van der Waals surface area contributed by atoms with Crippen LogP contribution in [0.5, 0.6) is 0 Å². The van der Waals surface area contributed by atoms with Crippen molar-refractivity contribution in [3.63, 3.8) is 0 Å². The van der Waals surface area contributed by atoms with E-state index < -0.39 is 7.82 Å². The van der Waals surface area contributed by atoms with E-state index in [1.807, 2.05) is 13.8 Å². The van der Waals surface area contributed by atoms with E-state index in [0.29, 0.717) is 11.8 Å². The lowest BCUT2D eigenvalue weighted by Gasteiger charge is -2.16. The first-order chi connectivity index (χ1) is 7.73. The van der Waals surface area contributed by atoms with Crippen molar-refractivity contribution < 1.29 is 18.5 Å². The molecular weight excluding hydrogens is 253 g/mol. The van der Waals surface area contributed by atoms with Crippen LogP contribution in [0.3, 0.4) is 0 Å². The lowest BCUT2D eigenvalue weighted by Crippen LogP contribution is -2.06. The average Bonchev–Trinajstić information content (AvgIpc) is 2.13. The van der Waals surface area contributed by atoms with E-state index in [1.165, 1.54) is 0 Å². The zero-order valence-electron chi connectivity index (χ0n) is 12.4. The van der Waals surface area contributed by atoms with Gasteiger partial charge >= 0.3 is 7.82 Å². The van der Waals surface area contributed by atoms with Crippen molar-refractivity contribution in [2.75, 3.05) is 13.2 Å². The predicted molar refractivity (Wildman–Crippen MR) is 74.8 cm³/mol. The normalized spacial score (nSPS) is 16.4. The number of phosphoric acid groups is 1. The molecule has 0 heterocycles. The molecule has 0 amide bonds. The highest BCUT2D eigenvalue weighted by molar-refractivity contribution is 7.47. The summed E-state index contributed by atoms with van der Waals surface area (Å²) in [6.07, 6.45) is 1.89. The second-order valence-corrected chi connectivity index (χ2v) is 6.97. The summed E-state index contributed by atoms with van der Waals surface area (Å²) < 4.78 is 21.2. The van der Waals surface area contributed by atoms with Crippen molar-refractivity contribution in [1.82, 2.24) is 6.15 Å². The molecule has 0 aliphatic heterocycles. The largest absolute Gasteiger partial charge is 0.472 e. The number of hydrogen-bond donors (Lipinski definition) is 2. The Morgan fingerprint density at radius 1 is 1.06 bits per heavy atom. The summed E-state index contributed by atoms with van der Waals surface area (Å²) in [4.78, 5) is 9.37. The molecule has 0 rings (SSSR count). The molecule has 0 aromatic heterocycles. The SMILES string of the molecule is CC(C)COP(=O)(O)OCCC(C)CC(C)C.N. The van der Waals surface area contributed by atoms with Crippen molar-refractivity contribution in [2.45, 2.75) is 47.5 Å². The van der Waals surface area contributed by atoms with Gasteiger partial charge in [0.25, 0.3) is 0 Å². The highest BCUT2D eigenvalue weighted by Crippen LogP contribution is 2.43. The van der Waals surface area contributed by atoms with Gasteiger partial charge < -0.3 is 11.0 Å². The molecule has 112 valence electrons. The van der Waals surface area contributed by atoms with Gasteiger partial charge in [-0.05, 0) is 30.6 Å². The fraction of sp³-hybridized carbons (Fsp3) is 1.00. The zero-order valence-corrected chi connectivity index (χ0v) is 13.3. The van der Waals surface area contributed by atoms with Gasteiger partial charge in [0.05, 0.1) is 13.2 Å². The molecule has 18 heavy (non-hydrogen) atoms. The van der Waals surface area contributed by atoms with Crippen LogP contribution in [0.15, 0.2) is 0 Å². The van der Waals surface area contributed by atoms with Gasteiger partial charge in [0.15, 0.2) is 0 Å². The maximum atomic E-state index is 11.4. The molecule has 0 aliphatic carbocycles. The molecule has 6 heteroatoms. The van der Waals surface area contributed by atoms with Crippen molar-refractivity contribution in [3.8, 4) is 0 Å².